The fourth-order valence-corrected chi connectivity index (χ4v) is 13.7. The van der Waals surface area contributed by atoms with Crippen LogP contribution in [0.1, 0.15) is 127 Å². The third-order valence-corrected chi connectivity index (χ3v) is 17.8. The van der Waals surface area contributed by atoms with Gasteiger partial charge < -0.3 is 29.6 Å². The zero-order valence-corrected chi connectivity index (χ0v) is 39.3. The van der Waals surface area contributed by atoms with E-state index in [1.807, 2.05) is 73.7 Å². The van der Waals surface area contributed by atoms with E-state index >= 15 is 0 Å². The highest BCUT2D eigenvalue weighted by Gasteiger charge is 2.58. The molecule has 4 fully saturated rings. The van der Waals surface area contributed by atoms with Crippen molar-refractivity contribution < 1.29 is 24.2 Å². The Morgan fingerprint density at radius 3 is 1.77 bits per heavy atom. The molecule has 14 heteroatoms. The van der Waals surface area contributed by atoms with Crippen LogP contribution in [0.5, 0.6) is 0 Å². The number of carboxylic acid groups (broad SMARTS) is 1. The molecule has 2 aromatic heterocycles. The van der Waals surface area contributed by atoms with Crippen molar-refractivity contribution in [3.8, 4) is 11.1 Å². The monoisotopic (exact) mass is 888 g/mol. The van der Waals surface area contributed by atoms with Gasteiger partial charge in [-0.05, 0) is 142 Å². The minimum absolute atomic E-state index is 0.151. The highest BCUT2D eigenvalue weighted by atomic mass is 31.0. The molecule has 2 amide bonds. The molecule has 4 saturated carbocycles. The van der Waals surface area contributed by atoms with Gasteiger partial charge in [0.25, 0.3) is 11.8 Å². The lowest BCUT2D eigenvalue weighted by molar-refractivity contribution is -0.148. The van der Waals surface area contributed by atoms with E-state index in [1.165, 1.54) is 38.5 Å². The quantitative estimate of drug-likeness (QED) is 0.111. The van der Waals surface area contributed by atoms with E-state index < -0.39 is 11.4 Å². The standard InChI is InChI=1S/C50H65N8O5P/c1-32-33(7-5-9-35(32)53-44(59)42-51-37-28-58(24-12-39(37)55(42)2)26-22-48-17-19-50(30-48,20-18-48)46(61)62)34-8-6-10-36(41(34)64)54-45(60)43-52-38-27-57(23-11-40(38)56(43)3)25-21-47-13-15-49(29-47,16-14-47)31-63-4/h5-10H,11-31,64H2,1-4H3,(H,53,59)(H,54,60)(H,61,62). The van der Waals surface area contributed by atoms with Gasteiger partial charge in [0.1, 0.15) is 0 Å². The first-order valence-corrected chi connectivity index (χ1v) is 24.2. The molecule has 10 rings (SSSR count). The van der Waals surface area contributed by atoms with Crippen LogP contribution in [-0.4, -0.2) is 91.7 Å². The van der Waals surface area contributed by atoms with Gasteiger partial charge >= 0.3 is 5.97 Å². The molecule has 340 valence electrons. The average molecular weight is 889 g/mol. The number of ether oxygens (including phenoxy) is 1. The number of nitrogens with one attached hydrogen (secondary N) is 2. The van der Waals surface area contributed by atoms with Crippen molar-refractivity contribution in [1.82, 2.24) is 28.9 Å². The number of nitrogens with zero attached hydrogens (tertiary/aromatic N) is 6. The van der Waals surface area contributed by atoms with E-state index in [0.717, 1.165) is 135 Å². The summed E-state index contributed by atoms with van der Waals surface area (Å²) in [5.74, 6) is -0.290. The van der Waals surface area contributed by atoms with Crippen LogP contribution in [0, 0.1) is 28.6 Å². The predicted molar refractivity (Wildman–Crippen MR) is 251 cm³/mol. The number of aromatic nitrogens is 4. The Kier molecular flexibility index (Phi) is 11.2. The lowest BCUT2D eigenvalue weighted by Gasteiger charge is -2.32. The summed E-state index contributed by atoms with van der Waals surface area (Å²) < 4.78 is 9.53. The van der Waals surface area contributed by atoms with Crippen molar-refractivity contribution in [1.29, 1.82) is 0 Å². The summed E-state index contributed by atoms with van der Waals surface area (Å²) in [5, 5.41) is 17.1. The molecule has 4 aliphatic carbocycles. The minimum atomic E-state index is -0.612. The molecule has 0 spiro atoms. The number of fused-ring (bicyclic) bond motifs is 6. The molecule has 13 nitrogen and oxygen atoms in total. The highest BCUT2D eigenvalue weighted by Crippen LogP contribution is 2.64. The van der Waals surface area contributed by atoms with E-state index in [9.17, 15) is 19.5 Å². The molecule has 4 heterocycles. The SMILES string of the molecule is COCC12CCC(CCN3CCc4c(nc(C(=O)Nc5cccc(-c6cccc(NC(=O)c7nc8c(n7C)CCN(CCC79CCC(C(=O)O)(CC7)C9)C8)c6C)c5P)n4C)C3)(CC1)C2. The molecule has 3 N–H and O–H groups in total. The van der Waals surface area contributed by atoms with Gasteiger partial charge in [0.05, 0.1) is 23.4 Å². The van der Waals surface area contributed by atoms with Crippen LogP contribution in [-0.2, 0) is 49.6 Å². The molecular formula is C50H65N8O5P. The Bertz CT molecular complexity index is 2510. The molecule has 4 bridgehead atoms. The van der Waals surface area contributed by atoms with Gasteiger partial charge in [-0.25, -0.2) is 9.97 Å². The number of imidazole rings is 2. The van der Waals surface area contributed by atoms with Crippen molar-refractivity contribution in [3.05, 3.63) is 76.4 Å². The van der Waals surface area contributed by atoms with Gasteiger partial charge in [-0.3, -0.25) is 24.2 Å². The smallest absolute Gasteiger partial charge is 0.309 e. The van der Waals surface area contributed by atoms with Crippen LogP contribution in [0.25, 0.3) is 11.1 Å². The van der Waals surface area contributed by atoms with E-state index in [4.69, 9.17) is 14.7 Å². The Labute approximate surface area is 379 Å². The van der Waals surface area contributed by atoms with Gasteiger partial charge in [-0.15, -0.1) is 9.24 Å². The summed E-state index contributed by atoms with van der Waals surface area (Å²) in [5.41, 5.74) is 8.88. The summed E-state index contributed by atoms with van der Waals surface area (Å²) in [6.45, 7) is 8.23. The molecule has 64 heavy (non-hydrogen) atoms. The van der Waals surface area contributed by atoms with Crippen LogP contribution < -0.4 is 15.9 Å². The van der Waals surface area contributed by atoms with Gasteiger partial charge in [0, 0.05) is 88.3 Å². The number of anilines is 2. The Hall–Kier alpha value is -4.42. The number of carbonyl (C=O) groups is 3. The average Bonchev–Trinajstić information content (AvgIpc) is 4.15. The van der Waals surface area contributed by atoms with Crippen molar-refractivity contribution in [2.75, 3.05) is 50.5 Å². The first-order chi connectivity index (χ1) is 30.7. The second-order valence-corrected chi connectivity index (χ2v) is 21.4. The number of aliphatic carboxylic acids is 1. The van der Waals surface area contributed by atoms with Crippen LogP contribution >= 0.6 is 9.24 Å². The number of rotatable bonds is 14. The highest BCUT2D eigenvalue weighted by molar-refractivity contribution is 7.28. The van der Waals surface area contributed by atoms with Gasteiger partial charge in [-0.2, -0.15) is 0 Å². The van der Waals surface area contributed by atoms with Crippen molar-refractivity contribution >= 4 is 43.7 Å². The van der Waals surface area contributed by atoms with Gasteiger partial charge in [0.2, 0.25) is 0 Å². The van der Waals surface area contributed by atoms with Gasteiger partial charge in [-0.1, -0.05) is 24.3 Å². The van der Waals surface area contributed by atoms with E-state index in [-0.39, 0.29) is 17.2 Å². The van der Waals surface area contributed by atoms with Crippen molar-refractivity contribution in [2.24, 2.45) is 35.8 Å². The number of hydrogen-bond acceptors (Lipinski definition) is 8. The lowest BCUT2D eigenvalue weighted by atomic mass is 9.80. The molecular weight excluding hydrogens is 824 g/mol. The number of carboxylic acids is 1. The Morgan fingerprint density at radius 1 is 0.719 bits per heavy atom. The number of benzene rings is 2. The topological polar surface area (TPSA) is 147 Å². The second kappa shape index (κ2) is 16.5. The zero-order valence-electron chi connectivity index (χ0n) is 38.2. The first-order valence-electron chi connectivity index (χ1n) is 23.6. The summed E-state index contributed by atoms with van der Waals surface area (Å²) in [6, 6.07) is 11.8. The Morgan fingerprint density at radius 2 is 1.22 bits per heavy atom. The molecule has 2 aromatic carbocycles. The molecule has 4 aromatic rings. The number of hydrogen-bond donors (Lipinski definition) is 3. The van der Waals surface area contributed by atoms with E-state index in [0.29, 0.717) is 40.4 Å². The summed E-state index contributed by atoms with van der Waals surface area (Å²) in [7, 11) is 8.55. The molecule has 1 atom stereocenters. The van der Waals surface area contributed by atoms with Crippen molar-refractivity contribution in [2.45, 2.75) is 110 Å². The Balaban J connectivity index is 0.776. The maximum absolute atomic E-state index is 13.9. The third kappa shape index (κ3) is 7.62. The zero-order chi connectivity index (χ0) is 44.6. The lowest BCUT2D eigenvalue weighted by Crippen LogP contribution is -2.34. The van der Waals surface area contributed by atoms with Crippen LogP contribution in [0.4, 0.5) is 11.4 Å². The van der Waals surface area contributed by atoms with E-state index in [1.54, 1.807) is 0 Å². The first kappa shape index (κ1) is 43.5. The van der Waals surface area contributed by atoms with Gasteiger partial charge in [0.15, 0.2) is 11.6 Å². The molecule has 2 aliphatic heterocycles. The summed E-state index contributed by atoms with van der Waals surface area (Å²) in [4.78, 5) is 54.6. The van der Waals surface area contributed by atoms with E-state index in [2.05, 4.69) is 29.7 Å². The normalized spacial score (nSPS) is 27.2. The fourth-order valence-electron chi connectivity index (χ4n) is 13.3. The fraction of sp³-hybridized carbons (Fsp3) is 0.580. The maximum atomic E-state index is 13.9. The largest absolute Gasteiger partial charge is 0.481 e. The van der Waals surface area contributed by atoms with Crippen LogP contribution in [0.2, 0.25) is 0 Å². The summed E-state index contributed by atoms with van der Waals surface area (Å²) >= 11 is 0. The molecule has 1 unspecified atom stereocenters. The van der Waals surface area contributed by atoms with Crippen molar-refractivity contribution in [3.63, 3.8) is 0 Å². The minimum Gasteiger partial charge on any atom is -0.481 e. The molecule has 0 saturated heterocycles. The van der Waals surface area contributed by atoms with Crippen LogP contribution in [0.15, 0.2) is 36.4 Å². The third-order valence-electron chi connectivity index (χ3n) is 17.2. The molecule has 6 aliphatic rings. The second-order valence-electron chi connectivity index (χ2n) is 20.9. The molecule has 0 radical (unpaired) electrons. The predicted octanol–water partition coefficient (Wildman–Crippen LogP) is 7.26. The summed E-state index contributed by atoms with van der Waals surface area (Å²) in [6.07, 6.45) is 14.9. The van der Waals surface area contributed by atoms with Crippen LogP contribution in [0.3, 0.4) is 0 Å². The maximum Gasteiger partial charge on any atom is 0.309 e. The number of carbonyl (C=O) groups excluding carboxylic acids is 2. The number of amides is 2. The number of methoxy groups -OCH3 is 1.